The third-order valence-corrected chi connectivity index (χ3v) is 9.41. The quantitative estimate of drug-likeness (QED) is 0.709. The largest absolute Gasteiger partial charge is 0.481 e. The molecule has 0 radical (unpaired) electrons. The predicted octanol–water partition coefficient (Wildman–Crippen LogP) is 3.66. The molecular weight excluding hydrogens is 316 g/mol. The molecule has 4 saturated carbocycles. The van der Waals surface area contributed by atoms with Gasteiger partial charge in [0.2, 0.25) is 0 Å². The van der Waals surface area contributed by atoms with Crippen LogP contribution in [0.25, 0.3) is 0 Å². The van der Waals surface area contributed by atoms with E-state index in [4.69, 9.17) is 0 Å². The number of carbonyl (C=O) groups is 2. The second kappa shape index (κ2) is 5.31. The Labute approximate surface area is 150 Å². The van der Waals surface area contributed by atoms with E-state index < -0.39 is 17.5 Å². The molecule has 4 heteroatoms. The van der Waals surface area contributed by atoms with Crippen LogP contribution in [0.15, 0.2) is 0 Å². The van der Waals surface area contributed by atoms with Gasteiger partial charge in [-0.2, -0.15) is 0 Å². The van der Waals surface area contributed by atoms with Crippen LogP contribution in [0.4, 0.5) is 0 Å². The highest BCUT2D eigenvalue weighted by Gasteiger charge is 2.64. The van der Waals surface area contributed by atoms with Crippen molar-refractivity contribution in [3.63, 3.8) is 0 Å². The second-order valence-electron chi connectivity index (χ2n) is 10.2. The number of hydrogen-bond donors (Lipinski definition) is 2. The van der Waals surface area contributed by atoms with E-state index in [-0.39, 0.29) is 16.6 Å². The minimum absolute atomic E-state index is 0.00590. The van der Waals surface area contributed by atoms with Crippen LogP contribution in [0.1, 0.15) is 72.1 Å². The van der Waals surface area contributed by atoms with Crippen LogP contribution in [-0.4, -0.2) is 27.6 Å². The molecule has 0 aliphatic heterocycles. The van der Waals surface area contributed by atoms with Crippen LogP contribution in [0.2, 0.25) is 0 Å². The highest BCUT2D eigenvalue weighted by molar-refractivity contribution is 5.99. The number of Topliss-reactive ketones (excluding diaryl/α,β-unsaturated/α-hetero) is 1. The van der Waals surface area contributed by atoms with Gasteiger partial charge in [0.15, 0.2) is 0 Å². The third kappa shape index (κ3) is 2.22. The maximum absolute atomic E-state index is 12.3. The molecule has 4 nitrogen and oxygen atoms in total. The maximum atomic E-state index is 12.3. The number of rotatable bonds is 1. The average Bonchev–Trinajstić information content (AvgIpc) is 2.77. The fraction of sp³-hybridized carbons (Fsp3) is 0.905. The van der Waals surface area contributed by atoms with Crippen molar-refractivity contribution in [1.82, 2.24) is 0 Å². The molecule has 0 aromatic rings. The lowest BCUT2D eigenvalue weighted by Crippen LogP contribution is -2.57. The van der Waals surface area contributed by atoms with Crippen molar-refractivity contribution < 1.29 is 19.8 Å². The summed E-state index contributed by atoms with van der Waals surface area (Å²) in [6.07, 6.45) is 7.24. The van der Waals surface area contributed by atoms with Crippen LogP contribution in [0, 0.1) is 40.4 Å². The van der Waals surface area contributed by atoms with E-state index in [9.17, 15) is 19.8 Å². The zero-order chi connectivity index (χ0) is 18.2. The predicted molar refractivity (Wildman–Crippen MR) is 93.9 cm³/mol. The van der Waals surface area contributed by atoms with Crippen LogP contribution in [0.5, 0.6) is 0 Å². The number of aliphatic carboxylic acids is 1. The maximum Gasteiger partial charge on any atom is 0.314 e. The molecule has 4 rings (SSSR count). The van der Waals surface area contributed by atoms with Crippen molar-refractivity contribution >= 4 is 11.8 Å². The zero-order valence-corrected chi connectivity index (χ0v) is 15.8. The number of carboxylic acids is 1. The Bertz CT molecular complexity index is 611. The molecule has 4 fully saturated rings. The Kier molecular flexibility index (Phi) is 3.72. The Balaban J connectivity index is 1.66. The number of carboxylic acid groups (broad SMARTS) is 1. The van der Waals surface area contributed by atoms with Gasteiger partial charge in [0.1, 0.15) is 11.7 Å². The summed E-state index contributed by atoms with van der Waals surface area (Å²) in [5.74, 6) is 0.182. The van der Waals surface area contributed by atoms with Crippen molar-refractivity contribution in [3.8, 4) is 0 Å². The highest BCUT2D eigenvalue weighted by atomic mass is 16.4. The summed E-state index contributed by atoms with van der Waals surface area (Å²) >= 11 is 0. The lowest BCUT2D eigenvalue weighted by atomic mass is 9.43. The van der Waals surface area contributed by atoms with E-state index in [2.05, 4.69) is 13.8 Å². The number of hydrogen-bond acceptors (Lipinski definition) is 3. The lowest BCUT2D eigenvalue weighted by Gasteiger charge is -2.61. The molecule has 2 N–H and O–H groups in total. The molecule has 4 aliphatic carbocycles. The molecular formula is C21H32O4. The summed E-state index contributed by atoms with van der Waals surface area (Å²) < 4.78 is 0. The van der Waals surface area contributed by atoms with E-state index in [1.165, 1.54) is 0 Å². The Hall–Kier alpha value is -0.900. The lowest BCUT2D eigenvalue weighted by molar-refractivity contribution is -0.167. The van der Waals surface area contributed by atoms with E-state index in [0.717, 1.165) is 38.5 Å². The number of ketones is 1. The minimum atomic E-state index is -0.934. The fourth-order valence-corrected chi connectivity index (χ4v) is 7.60. The van der Waals surface area contributed by atoms with Crippen LogP contribution >= 0.6 is 0 Å². The average molecular weight is 348 g/mol. The molecule has 0 bridgehead atoms. The molecule has 0 heterocycles. The molecule has 4 aliphatic rings. The van der Waals surface area contributed by atoms with Crippen LogP contribution in [0.3, 0.4) is 0 Å². The minimum Gasteiger partial charge on any atom is -0.481 e. The SMILES string of the molecule is C[C@]12CC(C(=O)O)C(=O)C[C@@H]1CC[C@@H]1[C@@H]2CC[C@@]2(C)[C@H]1CC[C@]2(C)O. The summed E-state index contributed by atoms with van der Waals surface area (Å²) in [4.78, 5) is 23.9. The Morgan fingerprint density at radius 3 is 2.40 bits per heavy atom. The van der Waals surface area contributed by atoms with Gasteiger partial charge in [0.05, 0.1) is 5.60 Å². The van der Waals surface area contributed by atoms with Gasteiger partial charge in [0, 0.05) is 6.42 Å². The van der Waals surface area contributed by atoms with Crippen molar-refractivity contribution in [2.24, 2.45) is 40.4 Å². The van der Waals surface area contributed by atoms with Crippen molar-refractivity contribution in [2.75, 3.05) is 0 Å². The van der Waals surface area contributed by atoms with Gasteiger partial charge in [-0.25, -0.2) is 0 Å². The van der Waals surface area contributed by atoms with E-state index in [1.807, 2.05) is 6.92 Å². The summed E-state index contributed by atoms with van der Waals surface area (Å²) in [6, 6.07) is 0. The monoisotopic (exact) mass is 348 g/mol. The first-order valence-corrected chi connectivity index (χ1v) is 10.1. The second-order valence-corrected chi connectivity index (χ2v) is 10.2. The van der Waals surface area contributed by atoms with Gasteiger partial charge >= 0.3 is 5.97 Å². The molecule has 0 aromatic carbocycles. The van der Waals surface area contributed by atoms with Crippen molar-refractivity contribution in [1.29, 1.82) is 0 Å². The third-order valence-electron chi connectivity index (χ3n) is 9.41. The van der Waals surface area contributed by atoms with Gasteiger partial charge in [-0.05, 0) is 86.4 Å². The van der Waals surface area contributed by atoms with Gasteiger partial charge in [-0.1, -0.05) is 13.8 Å². The molecule has 25 heavy (non-hydrogen) atoms. The standard InChI is InChI=1S/C21H32O4/c1-19-11-14(18(23)24)17(22)10-12(19)4-5-13-15(19)6-8-20(2)16(13)7-9-21(20,3)25/h12-16,25H,4-11H2,1-3H3,(H,23,24)/t12-,13+,14?,15-,16-,19-,20-,21-/m0/s1. The molecule has 140 valence electrons. The van der Waals surface area contributed by atoms with E-state index >= 15 is 0 Å². The molecule has 0 saturated heterocycles. The molecule has 0 amide bonds. The zero-order valence-electron chi connectivity index (χ0n) is 15.8. The molecule has 0 aromatic heterocycles. The number of carbonyl (C=O) groups excluding carboxylic acids is 1. The summed E-state index contributed by atoms with van der Waals surface area (Å²) in [7, 11) is 0. The van der Waals surface area contributed by atoms with E-state index in [0.29, 0.717) is 36.5 Å². The molecule has 0 spiro atoms. The van der Waals surface area contributed by atoms with Crippen LogP contribution < -0.4 is 0 Å². The smallest absolute Gasteiger partial charge is 0.314 e. The Morgan fingerprint density at radius 1 is 1.04 bits per heavy atom. The Morgan fingerprint density at radius 2 is 1.72 bits per heavy atom. The van der Waals surface area contributed by atoms with Gasteiger partial charge in [-0.15, -0.1) is 0 Å². The molecule has 8 atom stereocenters. The normalized spacial score (nSPS) is 55.2. The topological polar surface area (TPSA) is 74.6 Å². The van der Waals surface area contributed by atoms with E-state index in [1.54, 1.807) is 0 Å². The molecule has 1 unspecified atom stereocenters. The van der Waals surface area contributed by atoms with Crippen LogP contribution in [-0.2, 0) is 9.59 Å². The number of aliphatic hydroxyl groups is 1. The summed E-state index contributed by atoms with van der Waals surface area (Å²) in [5, 5.41) is 20.5. The van der Waals surface area contributed by atoms with Gasteiger partial charge in [-0.3, -0.25) is 9.59 Å². The van der Waals surface area contributed by atoms with Crippen molar-refractivity contribution in [3.05, 3.63) is 0 Å². The van der Waals surface area contributed by atoms with Gasteiger partial charge < -0.3 is 10.2 Å². The first kappa shape index (κ1) is 17.5. The number of fused-ring (bicyclic) bond motifs is 5. The summed E-state index contributed by atoms with van der Waals surface area (Å²) in [6.45, 7) is 6.56. The summed E-state index contributed by atoms with van der Waals surface area (Å²) in [5.41, 5.74) is -0.615. The first-order valence-electron chi connectivity index (χ1n) is 10.1. The fourth-order valence-electron chi connectivity index (χ4n) is 7.60. The highest BCUT2D eigenvalue weighted by Crippen LogP contribution is 2.68. The van der Waals surface area contributed by atoms with Gasteiger partial charge in [0.25, 0.3) is 0 Å². The van der Waals surface area contributed by atoms with Crippen molar-refractivity contribution in [2.45, 2.75) is 77.7 Å². The first-order chi connectivity index (χ1) is 11.6.